The summed E-state index contributed by atoms with van der Waals surface area (Å²) in [5.74, 6) is 0.287. The van der Waals surface area contributed by atoms with Crippen LogP contribution in [0.1, 0.15) is 44.2 Å². The number of nitrogens with zero attached hydrogens (tertiary/aromatic N) is 2. The maximum absolute atomic E-state index is 12.9. The molecule has 1 aliphatic rings. The van der Waals surface area contributed by atoms with Crippen LogP contribution in [0.5, 0.6) is 0 Å². The fraction of sp³-hybridized carbons (Fsp3) is 0.348. The van der Waals surface area contributed by atoms with Gasteiger partial charge < -0.3 is 10.2 Å². The van der Waals surface area contributed by atoms with E-state index in [9.17, 15) is 9.59 Å². The van der Waals surface area contributed by atoms with E-state index in [2.05, 4.69) is 41.5 Å². The highest BCUT2D eigenvalue weighted by atomic mass is 16.2. The van der Waals surface area contributed by atoms with Crippen molar-refractivity contribution >= 4 is 28.4 Å². The molecule has 0 radical (unpaired) electrons. The molecule has 1 saturated heterocycles. The SMILES string of the molecule is CC(C)c1ccc(CC(=O)N2CCC2(C)C(=O)Nc2ccc3[nH]ncc3c2)cc1. The lowest BCUT2D eigenvalue weighted by Crippen LogP contribution is -2.66. The summed E-state index contributed by atoms with van der Waals surface area (Å²) >= 11 is 0. The van der Waals surface area contributed by atoms with E-state index in [-0.39, 0.29) is 11.8 Å². The van der Waals surface area contributed by atoms with Crippen LogP contribution in [0.25, 0.3) is 10.9 Å². The van der Waals surface area contributed by atoms with Crippen molar-refractivity contribution in [3.8, 4) is 0 Å². The number of aromatic nitrogens is 2. The molecular weight excluding hydrogens is 364 g/mol. The number of amides is 2. The van der Waals surface area contributed by atoms with E-state index in [4.69, 9.17) is 0 Å². The first-order valence-corrected chi connectivity index (χ1v) is 10.0. The number of rotatable bonds is 5. The van der Waals surface area contributed by atoms with E-state index in [1.165, 1.54) is 5.56 Å². The zero-order valence-corrected chi connectivity index (χ0v) is 17.0. The number of likely N-dealkylation sites (tertiary alicyclic amines) is 1. The minimum absolute atomic E-state index is 0.0171. The minimum atomic E-state index is -0.819. The Morgan fingerprint density at radius 1 is 1.21 bits per heavy atom. The average molecular weight is 390 g/mol. The Morgan fingerprint density at radius 3 is 2.62 bits per heavy atom. The molecule has 1 unspecified atom stereocenters. The standard InChI is InChI=1S/C23H26N4O2/c1-15(2)17-6-4-16(5-7-17)12-21(28)27-11-10-23(27,3)22(29)25-19-8-9-20-18(13-19)14-24-26-20/h4-9,13-15H,10-12H2,1-3H3,(H,24,26)(H,25,29). The van der Waals surface area contributed by atoms with Crippen LogP contribution in [0.3, 0.4) is 0 Å². The van der Waals surface area contributed by atoms with E-state index in [1.807, 2.05) is 37.3 Å². The number of benzene rings is 2. The molecule has 2 aromatic carbocycles. The number of H-pyrrole nitrogens is 1. The van der Waals surface area contributed by atoms with Gasteiger partial charge in [-0.25, -0.2) is 0 Å². The highest BCUT2D eigenvalue weighted by Gasteiger charge is 2.49. The van der Waals surface area contributed by atoms with Crippen molar-refractivity contribution in [2.24, 2.45) is 0 Å². The van der Waals surface area contributed by atoms with Crippen LogP contribution in [0.15, 0.2) is 48.7 Å². The summed E-state index contributed by atoms with van der Waals surface area (Å²) < 4.78 is 0. The maximum atomic E-state index is 12.9. The molecular formula is C23H26N4O2. The van der Waals surface area contributed by atoms with Crippen LogP contribution in [-0.2, 0) is 16.0 Å². The predicted molar refractivity (Wildman–Crippen MR) is 114 cm³/mol. The second-order valence-electron chi connectivity index (χ2n) is 8.27. The number of carbonyl (C=O) groups is 2. The van der Waals surface area contributed by atoms with Gasteiger partial charge in [0.15, 0.2) is 0 Å². The first kappa shape index (κ1) is 19.2. The van der Waals surface area contributed by atoms with Crippen LogP contribution < -0.4 is 5.32 Å². The molecule has 1 aliphatic heterocycles. The van der Waals surface area contributed by atoms with Crippen molar-refractivity contribution in [2.75, 3.05) is 11.9 Å². The molecule has 0 spiro atoms. The summed E-state index contributed by atoms with van der Waals surface area (Å²) in [5.41, 5.74) is 3.02. The summed E-state index contributed by atoms with van der Waals surface area (Å²) in [6, 6.07) is 13.7. The summed E-state index contributed by atoms with van der Waals surface area (Å²) in [7, 11) is 0. The number of nitrogens with one attached hydrogen (secondary N) is 2. The van der Waals surface area contributed by atoms with Crippen molar-refractivity contribution in [1.82, 2.24) is 15.1 Å². The number of hydrogen-bond donors (Lipinski definition) is 2. The number of hydrogen-bond acceptors (Lipinski definition) is 3. The third-order valence-corrected chi connectivity index (χ3v) is 5.91. The molecule has 3 aromatic rings. The number of fused-ring (bicyclic) bond motifs is 1. The molecule has 150 valence electrons. The Balaban J connectivity index is 1.43. The Hall–Kier alpha value is -3.15. The van der Waals surface area contributed by atoms with E-state index in [0.717, 1.165) is 16.5 Å². The van der Waals surface area contributed by atoms with Crippen LogP contribution >= 0.6 is 0 Å². The van der Waals surface area contributed by atoms with Gasteiger partial charge >= 0.3 is 0 Å². The molecule has 0 aliphatic carbocycles. The third kappa shape index (κ3) is 3.62. The summed E-state index contributed by atoms with van der Waals surface area (Å²) in [4.78, 5) is 27.5. The summed E-state index contributed by atoms with van der Waals surface area (Å²) in [6.45, 7) is 6.73. The van der Waals surface area contributed by atoms with Crippen molar-refractivity contribution in [1.29, 1.82) is 0 Å². The molecule has 0 saturated carbocycles. The van der Waals surface area contributed by atoms with E-state index < -0.39 is 5.54 Å². The molecule has 1 fully saturated rings. The second-order valence-corrected chi connectivity index (χ2v) is 8.27. The van der Waals surface area contributed by atoms with Crippen LogP contribution in [0, 0.1) is 0 Å². The smallest absolute Gasteiger partial charge is 0.250 e. The van der Waals surface area contributed by atoms with E-state index in [0.29, 0.717) is 31.0 Å². The van der Waals surface area contributed by atoms with Crippen molar-refractivity contribution in [2.45, 2.75) is 45.1 Å². The minimum Gasteiger partial charge on any atom is -0.328 e. The average Bonchev–Trinajstić information content (AvgIpc) is 3.14. The quantitative estimate of drug-likeness (QED) is 0.694. The monoisotopic (exact) mass is 390 g/mol. The fourth-order valence-corrected chi connectivity index (χ4v) is 3.77. The topological polar surface area (TPSA) is 78.1 Å². The molecule has 1 aromatic heterocycles. The number of aromatic amines is 1. The Labute approximate surface area is 170 Å². The van der Waals surface area contributed by atoms with E-state index >= 15 is 0 Å². The number of anilines is 1. The van der Waals surface area contributed by atoms with Gasteiger partial charge in [0.25, 0.3) is 0 Å². The van der Waals surface area contributed by atoms with Gasteiger partial charge in [0.2, 0.25) is 11.8 Å². The molecule has 6 heteroatoms. The summed E-state index contributed by atoms with van der Waals surface area (Å²) in [5, 5.41) is 10.8. The largest absolute Gasteiger partial charge is 0.328 e. The Bertz CT molecular complexity index is 1050. The third-order valence-electron chi connectivity index (χ3n) is 5.91. The lowest BCUT2D eigenvalue weighted by atomic mass is 9.84. The first-order chi connectivity index (χ1) is 13.9. The molecule has 2 heterocycles. The highest BCUT2D eigenvalue weighted by Crippen LogP contribution is 2.33. The normalized spacial score (nSPS) is 18.7. The Kier molecular flexibility index (Phi) is 4.86. The summed E-state index contributed by atoms with van der Waals surface area (Å²) in [6.07, 6.45) is 2.68. The van der Waals surface area contributed by atoms with Gasteiger partial charge in [-0.1, -0.05) is 38.1 Å². The van der Waals surface area contributed by atoms with Crippen molar-refractivity contribution in [3.63, 3.8) is 0 Å². The predicted octanol–water partition coefficient (Wildman–Crippen LogP) is 3.86. The lowest BCUT2D eigenvalue weighted by molar-refractivity contribution is -0.154. The van der Waals surface area contributed by atoms with Crippen LogP contribution in [0.2, 0.25) is 0 Å². The number of carbonyl (C=O) groups excluding carboxylic acids is 2. The van der Waals surface area contributed by atoms with Gasteiger partial charge in [0.1, 0.15) is 5.54 Å². The molecule has 29 heavy (non-hydrogen) atoms. The van der Waals surface area contributed by atoms with Crippen LogP contribution in [0.4, 0.5) is 5.69 Å². The maximum Gasteiger partial charge on any atom is 0.250 e. The first-order valence-electron chi connectivity index (χ1n) is 10.0. The van der Waals surface area contributed by atoms with Gasteiger partial charge in [0.05, 0.1) is 18.1 Å². The Morgan fingerprint density at radius 2 is 1.97 bits per heavy atom. The van der Waals surface area contributed by atoms with Crippen molar-refractivity contribution in [3.05, 3.63) is 59.8 Å². The van der Waals surface area contributed by atoms with Crippen LogP contribution in [-0.4, -0.2) is 39.0 Å². The molecule has 2 amide bonds. The molecule has 6 nitrogen and oxygen atoms in total. The van der Waals surface area contributed by atoms with Gasteiger partial charge in [-0.2, -0.15) is 5.10 Å². The molecule has 4 rings (SSSR count). The van der Waals surface area contributed by atoms with Gasteiger partial charge in [-0.15, -0.1) is 0 Å². The van der Waals surface area contributed by atoms with Crippen molar-refractivity contribution < 1.29 is 9.59 Å². The lowest BCUT2D eigenvalue weighted by Gasteiger charge is -2.49. The van der Waals surface area contributed by atoms with Gasteiger partial charge in [0, 0.05) is 17.6 Å². The van der Waals surface area contributed by atoms with E-state index in [1.54, 1.807) is 11.1 Å². The second kappa shape index (κ2) is 7.35. The zero-order valence-electron chi connectivity index (χ0n) is 17.0. The fourth-order valence-electron chi connectivity index (χ4n) is 3.77. The highest BCUT2D eigenvalue weighted by molar-refractivity contribution is 6.02. The zero-order chi connectivity index (χ0) is 20.6. The molecule has 1 atom stereocenters. The molecule has 0 bridgehead atoms. The van der Waals surface area contributed by atoms with Gasteiger partial charge in [-0.3, -0.25) is 14.7 Å². The van der Waals surface area contributed by atoms with Gasteiger partial charge in [-0.05, 0) is 48.6 Å². The molecule has 2 N–H and O–H groups in total.